The second kappa shape index (κ2) is 7.75. The summed E-state index contributed by atoms with van der Waals surface area (Å²) >= 11 is 0. The molecule has 7 nitrogen and oxygen atoms in total. The number of aryl methyl sites for hydroxylation is 1. The number of halogens is 3. The van der Waals surface area contributed by atoms with Gasteiger partial charge in [0, 0.05) is 18.9 Å². The fourth-order valence-electron chi connectivity index (χ4n) is 3.63. The van der Waals surface area contributed by atoms with Gasteiger partial charge in [-0.1, -0.05) is 0 Å². The summed E-state index contributed by atoms with van der Waals surface area (Å²) in [5.74, 6) is -2.34. The standard InChI is InChI=1S/C20H22F3N5O2/c1-11-17(21)12(2)28(27-11)16-10-13(18(29)19-24-7-8-30-19)9-15(26-16)25-14-3-5-20(22,23)6-4-14/h7-10,14,18,29H,3-6H2,1-2H3,(H,25,26). The molecule has 160 valence electrons. The molecule has 3 aromatic heterocycles. The Bertz CT molecular complexity index is 1030. The first-order valence-electron chi connectivity index (χ1n) is 9.69. The maximum Gasteiger partial charge on any atom is 0.248 e. The van der Waals surface area contributed by atoms with Crippen molar-refractivity contribution in [2.24, 2.45) is 0 Å². The smallest absolute Gasteiger partial charge is 0.248 e. The maximum atomic E-state index is 14.2. The van der Waals surface area contributed by atoms with E-state index in [0.29, 0.717) is 24.2 Å². The molecule has 0 amide bonds. The summed E-state index contributed by atoms with van der Waals surface area (Å²) < 4.78 is 47.7. The van der Waals surface area contributed by atoms with E-state index in [2.05, 4.69) is 20.4 Å². The van der Waals surface area contributed by atoms with E-state index in [1.165, 1.54) is 17.1 Å². The largest absolute Gasteiger partial charge is 0.446 e. The maximum absolute atomic E-state index is 14.2. The van der Waals surface area contributed by atoms with E-state index in [1.807, 2.05) is 0 Å². The molecule has 4 rings (SSSR count). The number of aliphatic hydroxyl groups excluding tert-OH is 1. The van der Waals surface area contributed by atoms with Gasteiger partial charge in [-0.25, -0.2) is 27.8 Å². The van der Waals surface area contributed by atoms with Gasteiger partial charge in [0.1, 0.15) is 12.1 Å². The van der Waals surface area contributed by atoms with Crippen molar-refractivity contribution in [2.45, 2.75) is 57.6 Å². The Balaban J connectivity index is 1.70. The van der Waals surface area contributed by atoms with Gasteiger partial charge >= 0.3 is 0 Å². The van der Waals surface area contributed by atoms with Gasteiger partial charge in [-0.3, -0.25) is 0 Å². The lowest BCUT2D eigenvalue weighted by Gasteiger charge is -2.29. The van der Waals surface area contributed by atoms with Crippen molar-refractivity contribution >= 4 is 5.82 Å². The predicted octanol–water partition coefficient (Wildman–Crippen LogP) is 4.08. The van der Waals surface area contributed by atoms with Gasteiger partial charge in [0.25, 0.3) is 0 Å². The number of alkyl halides is 2. The van der Waals surface area contributed by atoms with E-state index in [1.54, 1.807) is 26.0 Å². The molecule has 0 aromatic carbocycles. The van der Waals surface area contributed by atoms with Crippen LogP contribution in [-0.4, -0.2) is 36.8 Å². The molecule has 30 heavy (non-hydrogen) atoms. The van der Waals surface area contributed by atoms with Gasteiger partial charge in [0.15, 0.2) is 17.7 Å². The lowest BCUT2D eigenvalue weighted by atomic mass is 9.92. The molecule has 1 aliphatic carbocycles. The average molecular weight is 421 g/mol. The van der Waals surface area contributed by atoms with Crippen molar-refractivity contribution in [1.82, 2.24) is 19.7 Å². The second-order valence-electron chi connectivity index (χ2n) is 7.59. The van der Waals surface area contributed by atoms with Crippen LogP contribution in [0.5, 0.6) is 0 Å². The highest BCUT2D eigenvalue weighted by molar-refractivity contribution is 5.47. The highest BCUT2D eigenvalue weighted by Gasteiger charge is 2.35. The topological polar surface area (TPSA) is 89.0 Å². The monoisotopic (exact) mass is 421 g/mol. The van der Waals surface area contributed by atoms with E-state index in [0.717, 1.165) is 0 Å². The van der Waals surface area contributed by atoms with Crippen LogP contribution in [0.1, 0.15) is 54.6 Å². The molecular weight excluding hydrogens is 399 g/mol. The normalized spacial score (nSPS) is 17.8. The van der Waals surface area contributed by atoms with Crippen LogP contribution < -0.4 is 5.32 Å². The van der Waals surface area contributed by atoms with Crippen LogP contribution in [-0.2, 0) is 0 Å². The molecule has 3 aromatic rings. The summed E-state index contributed by atoms with van der Waals surface area (Å²) in [6.45, 7) is 3.12. The number of aliphatic hydroxyl groups is 1. The Hall–Kier alpha value is -2.88. The number of hydrogen-bond acceptors (Lipinski definition) is 6. The summed E-state index contributed by atoms with van der Waals surface area (Å²) in [6.07, 6.45) is 1.78. The van der Waals surface area contributed by atoms with Crippen LogP contribution in [0.15, 0.2) is 29.0 Å². The number of pyridine rings is 1. The summed E-state index contributed by atoms with van der Waals surface area (Å²) in [4.78, 5) is 8.45. The fraction of sp³-hybridized carbons (Fsp3) is 0.450. The van der Waals surface area contributed by atoms with Crippen LogP contribution >= 0.6 is 0 Å². The van der Waals surface area contributed by atoms with Gasteiger partial charge in [-0.05, 0) is 44.4 Å². The third-order valence-corrected chi connectivity index (χ3v) is 5.32. The lowest BCUT2D eigenvalue weighted by Crippen LogP contribution is -2.32. The predicted molar refractivity (Wildman–Crippen MR) is 102 cm³/mol. The zero-order chi connectivity index (χ0) is 21.5. The SMILES string of the molecule is Cc1nn(-c2cc(C(O)c3ncco3)cc(NC3CCC(F)(F)CC3)n2)c(C)c1F. The highest BCUT2D eigenvalue weighted by atomic mass is 19.3. The summed E-state index contributed by atoms with van der Waals surface area (Å²) in [7, 11) is 0. The van der Waals surface area contributed by atoms with Crippen molar-refractivity contribution in [3.05, 3.63) is 53.3 Å². The molecule has 1 atom stereocenters. The van der Waals surface area contributed by atoms with Crippen LogP contribution in [0.25, 0.3) is 5.82 Å². The van der Waals surface area contributed by atoms with Crippen LogP contribution in [0.4, 0.5) is 19.0 Å². The zero-order valence-electron chi connectivity index (χ0n) is 16.6. The summed E-state index contributed by atoms with van der Waals surface area (Å²) in [5, 5.41) is 18.0. The van der Waals surface area contributed by atoms with Crippen LogP contribution in [0, 0.1) is 19.7 Å². The second-order valence-corrected chi connectivity index (χ2v) is 7.59. The molecule has 0 radical (unpaired) electrons. The Kier molecular flexibility index (Phi) is 5.27. The first kappa shape index (κ1) is 20.4. The van der Waals surface area contributed by atoms with Gasteiger partial charge < -0.3 is 14.8 Å². The number of oxazole rings is 1. The van der Waals surface area contributed by atoms with Crippen molar-refractivity contribution in [1.29, 1.82) is 0 Å². The number of nitrogens with one attached hydrogen (secondary N) is 1. The Morgan fingerprint density at radius 2 is 2.00 bits per heavy atom. The Labute approximate surface area is 171 Å². The molecule has 1 unspecified atom stereocenters. The number of hydrogen-bond donors (Lipinski definition) is 2. The van der Waals surface area contributed by atoms with Crippen molar-refractivity contribution < 1.29 is 22.7 Å². The van der Waals surface area contributed by atoms with Crippen LogP contribution in [0.3, 0.4) is 0 Å². The Morgan fingerprint density at radius 3 is 2.60 bits per heavy atom. The molecule has 0 spiro atoms. The summed E-state index contributed by atoms with van der Waals surface area (Å²) in [5.41, 5.74) is 0.891. The molecule has 3 heterocycles. The fourth-order valence-corrected chi connectivity index (χ4v) is 3.63. The molecule has 1 aliphatic rings. The van der Waals surface area contributed by atoms with Gasteiger partial charge in [0.05, 0.1) is 17.6 Å². The Morgan fingerprint density at radius 1 is 1.27 bits per heavy atom. The molecule has 10 heteroatoms. The van der Waals surface area contributed by atoms with E-state index in [-0.39, 0.29) is 42.0 Å². The van der Waals surface area contributed by atoms with Crippen LogP contribution in [0.2, 0.25) is 0 Å². The number of aromatic nitrogens is 4. The van der Waals surface area contributed by atoms with E-state index >= 15 is 0 Å². The molecular formula is C20H22F3N5O2. The minimum absolute atomic E-state index is 0.0926. The first-order valence-corrected chi connectivity index (χ1v) is 9.69. The van der Waals surface area contributed by atoms with E-state index < -0.39 is 17.8 Å². The third kappa shape index (κ3) is 4.04. The molecule has 2 N–H and O–H groups in total. The molecule has 0 bridgehead atoms. The quantitative estimate of drug-likeness (QED) is 0.645. The van der Waals surface area contributed by atoms with Crippen molar-refractivity contribution in [3.63, 3.8) is 0 Å². The number of anilines is 1. The molecule has 0 saturated heterocycles. The van der Waals surface area contributed by atoms with Gasteiger partial charge in [-0.15, -0.1) is 0 Å². The first-order chi connectivity index (χ1) is 14.2. The minimum Gasteiger partial charge on any atom is -0.446 e. The third-order valence-electron chi connectivity index (χ3n) is 5.32. The zero-order valence-corrected chi connectivity index (χ0v) is 16.6. The highest BCUT2D eigenvalue weighted by Crippen LogP contribution is 2.34. The lowest BCUT2D eigenvalue weighted by molar-refractivity contribution is -0.0361. The molecule has 0 aliphatic heterocycles. The summed E-state index contributed by atoms with van der Waals surface area (Å²) in [6, 6.07) is 2.98. The van der Waals surface area contributed by atoms with E-state index in [9.17, 15) is 18.3 Å². The van der Waals surface area contributed by atoms with Crippen molar-refractivity contribution in [3.8, 4) is 5.82 Å². The number of rotatable bonds is 5. The van der Waals surface area contributed by atoms with Crippen molar-refractivity contribution in [2.75, 3.05) is 5.32 Å². The molecule has 1 saturated carbocycles. The van der Waals surface area contributed by atoms with Gasteiger partial charge in [0.2, 0.25) is 11.8 Å². The van der Waals surface area contributed by atoms with E-state index in [4.69, 9.17) is 4.42 Å². The number of nitrogens with zero attached hydrogens (tertiary/aromatic N) is 4. The average Bonchev–Trinajstić information content (AvgIpc) is 3.34. The minimum atomic E-state index is -2.64. The van der Waals surface area contributed by atoms with Gasteiger partial charge in [-0.2, -0.15) is 5.10 Å². The molecule has 1 fully saturated rings.